The highest BCUT2D eigenvalue weighted by molar-refractivity contribution is 7.13. The lowest BCUT2D eigenvalue weighted by atomic mass is 10.2. The molecule has 0 unspecified atom stereocenters. The number of nitrogens with one attached hydrogen (secondary N) is 1. The summed E-state index contributed by atoms with van der Waals surface area (Å²) >= 11 is 1.55. The zero-order valence-electron chi connectivity index (χ0n) is 16.4. The number of carbonyl (C=O) groups excluding carboxylic acids is 1. The third-order valence-corrected chi connectivity index (χ3v) is 5.95. The van der Waals surface area contributed by atoms with Gasteiger partial charge in [-0.15, -0.1) is 11.3 Å². The molecule has 0 fully saturated rings. The zero-order valence-corrected chi connectivity index (χ0v) is 17.2. The highest BCUT2D eigenvalue weighted by Crippen LogP contribution is 2.33. The summed E-state index contributed by atoms with van der Waals surface area (Å²) in [6, 6.07) is 9.67. The Labute approximate surface area is 177 Å². The molecule has 0 saturated heterocycles. The van der Waals surface area contributed by atoms with Gasteiger partial charge in [-0.25, -0.2) is 9.97 Å². The maximum absolute atomic E-state index is 12.4. The van der Waals surface area contributed by atoms with E-state index < -0.39 is 0 Å². The summed E-state index contributed by atoms with van der Waals surface area (Å²) in [6.45, 7) is 3.61. The van der Waals surface area contributed by atoms with Crippen LogP contribution in [0.15, 0.2) is 48.1 Å². The van der Waals surface area contributed by atoms with Crippen LogP contribution in [0, 0.1) is 0 Å². The van der Waals surface area contributed by atoms with Gasteiger partial charge in [0.25, 0.3) is 0 Å². The standard InChI is InChI=1S/C22H20N4O3S/c1-2-26-11-17(16-4-3-7-23-21(16)26)22-25-15(12-30-22)9-20(27)24-10-14-5-6-18-19(8-14)29-13-28-18/h3-8,11-12H,2,9-10,13H2,1H3,(H,24,27). The summed E-state index contributed by atoms with van der Waals surface area (Å²) in [5.74, 6) is 1.38. The molecular weight excluding hydrogens is 400 g/mol. The number of pyridine rings is 1. The van der Waals surface area contributed by atoms with Crippen LogP contribution in [-0.2, 0) is 24.3 Å². The van der Waals surface area contributed by atoms with Crippen molar-refractivity contribution in [1.82, 2.24) is 19.9 Å². The van der Waals surface area contributed by atoms with Gasteiger partial charge in [-0.05, 0) is 36.8 Å². The summed E-state index contributed by atoms with van der Waals surface area (Å²) in [6.07, 6.45) is 4.13. The molecule has 1 N–H and O–H groups in total. The highest BCUT2D eigenvalue weighted by Gasteiger charge is 2.16. The molecule has 3 aromatic heterocycles. The number of ether oxygens (including phenoxy) is 2. The molecule has 1 aliphatic heterocycles. The predicted octanol–water partition coefficient (Wildman–Crippen LogP) is 3.77. The molecule has 0 radical (unpaired) electrons. The van der Waals surface area contributed by atoms with Gasteiger partial charge in [-0.2, -0.15) is 0 Å². The molecule has 7 nitrogen and oxygen atoms in total. The fourth-order valence-corrected chi connectivity index (χ4v) is 4.37. The van der Waals surface area contributed by atoms with E-state index >= 15 is 0 Å². The predicted molar refractivity (Wildman–Crippen MR) is 115 cm³/mol. The van der Waals surface area contributed by atoms with Gasteiger partial charge in [0.2, 0.25) is 12.7 Å². The lowest BCUT2D eigenvalue weighted by Gasteiger charge is -2.05. The molecule has 5 rings (SSSR count). The average molecular weight is 420 g/mol. The largest absolute Gasteiger partial charge is 0.454 e. The Morgan fingerprint density at radius 1 is 1.27 bits per heavy atom. The molecule has 8 heteroatoms. The van der Waals surface area contributed by atoms with Crippen LogP contribution in [0.3, 0.4) is 0 Å². The molecule has 0 atom stereocenters. The van der Waals surface area contributed by atoms with Crippen molar-refractivity contribution in [3.63, 3.8) is 0 Å². The Morgan fingerprint density at radius 3 is 3.07 bits per heavy atom. The molecule has 0 spiro atoms. The van der Waals surface area contributed by atoms with E-state index in [1.54, 1.807) is 17.5 Å². The Morgan fingerprint density at radius 2 is 2.17 bits per heavy atom. The number of amides is 1. The second-order valence-electron chi connectivity index (χ2n) is 6.99. The van der Waals surface area contributed by atoms with Crippen LogP contribution in [0.2, 0.25) is 0 Å². The summed E-state index contributed by atoms with van der Waals surface area (Å²) in [5, 5.41) is 6.87. The summed E-state index contributed by atoms with van der Waals surface area (Å²) in [7, 11) is 0. The number of hydrogen-bond acceptors (Lipinski definition) is 6. The Bertz CT molecular complexity index is 1230. The Balaban J connectivity index is 1.26. The second kappa shape index (κ2) is 7.79. The summed E-state index contributed by atoms with van der Waals surface area (Å²) < 4.78 is 12.8. The smallest absolute Gasteiger partial charge is 0.231 e. The van der Waals surface area contributed by atoms with Gasteiger partial charge in [0.1, 0.15) is 10.7 Å². The van der Waals surface area contributed by atoms with Crippen LogP contribution in [0.25, 0.3) is 21.6 Å². The molecule has 4 aromatic rings. The van der Waals surface area contributed by atoms with Crippen LogP contribution < -0.4 is 14.8 Å². The number of rotatable bonds is 6. The normalized spacial score (nSPS) is 12.4. The third kappa shape index (κ3) is 3.50. The molecule has 30 heavy (non-hydrogen) atoms. The number of carbonyl (C=O) groups is 1. The molecule has 1 aliphatic rings. The lowest BCUT2D eigenvalue weighted by molar-refractivity contribution is -0.120. The topological polar surface area (TPSA) is 78.3 Å². The van der Waals surface area contributed by atoms with Crippen LogP contribution in [-0.4, -0.2) is 27.2 Å². The Hall–Kier alpha value is -3.39. The molecule has 0 aliphatic carbocycles. The van der Waals surface area contributed by atoms with Gasteiger partial charge in [0.15, 0.2) is 11.5 Å². The van der Waals surface area contributed by atoms with Crippen molar-refractivity contribution in [3.05, 3.63) is 59.4 Å². The van der Waals surface area contributed by atoms with Crippen LogP contribution in [0.1, 0.15) is 18.2 Å². The number of hydrogen-bond donors (Lipinski definition) is 1. The van der Waals surface area contributed by atoms with Crippen molar-refractivity contribution in [2.75, 3.05) is 6.79 Å². The van der Waals surface area contributed by atoms with Crippen molar-refractivity contribution in [1.29, 1.82) is 0 Å². The van der Waals surface area contributed by atoms with E-state index in [1.165, 1.54) is 0 Å². The van der Waals surface area contributed by atoms with E-state index in [4.69, 9.17) is 14.5 Å². The number of benzene rings is 1. The SMILES string of the molecule is CCn1cc(-c2nc(CC(=O)NCc3ccc4c(c3)OCO4)cs2)c2cccnc21. The molecular formula is C22H20N4O3S. The van der Waals surface area contributed by atoms with Gasteiger partial charge >= 0.3 is 0 Å². The highest BCUT2D eigenvalue weighted by atomic mass is 32.1. The van der Waals surface area contributed by atoms with Crippen LogP contribution in [0.4, 0.5) is 0 Å². The average Bonchev–Trinajstić information content (AvgIpc) is 3.49. The number of thiazole rings is 1. The van der Waals surface area contributed by atoms with Gasteiger partial charge in [-0.1, -0.05) is 6.07 Å². The van der Waals surface area contributed by atoms with Crippen molar-refractivity contribution < 1.29 is 14.3 Å². The summed E-state index contributed by atoms with van der Waals surface area (Å²) in [5.41, 5.74) is 3.73. The minimum atomic E-state index is -0.0674. The van der Waals surface area contributed by atoms with Crippen molar-refractivity contribution in [3.8, 4) is 22.1 Å². The molecule has 0 bridgehead atoms. The minimum absolute atomic E-state index is 0.0674. The van der Waals surface area contributed by atoms with E-state index in [9.17, 15) is 4.79 Å². The number of nitrogens with zero attached hydrogens (tertiary/aromatic N) is 3. The molecule has 1 aromatic carbocycles. The first-order chi connectivity index (χ1) is 14.7. The summed E-state index contributed by atoms with van der Waals surface area (Å²) in [4.78, 5) is 21.6. The molecule has 1 amide bonds. The van der Waals surface area contributed by atoms with Crippen molar-refractivity contribution in [2.24, 2.45) is 0 Å². The van der Waals surface area contributed by atoms with Crippen LogP contribution in [0.5, 0.6) is 11.5 Å². The Kier molecular flexibility index (Phi) is 4.84. The maximum Gasteiger partial charge on any atom is 0.231 e. The van der Waals surface area contributed by atoms with Gasteiger partial charge in [0.05, 0.1) is 12.1 Å². The molecule has 4 heterocycles. The van der Waals surface area contributed by atoms with E-state index in [-0.39, 0.29) is 19.1 Å². The lowest BCUT2D eigenvalue weighted by Crippen LogP contribution is -2.24. The van der Waals surface area contributed by atoms with Crippen molar-refractivity contribution in [2.45, 2.75) is 26.4 Å². The van der Waals surface area contributed by atoms with E-state index in [2.05, 4.69) is 34.1 Å². The number of fused-ring (bicyclic) bond motifs is 2. The number of aromatic nitrogens is 3. The fraction of sp³-hybridized carbons (Fsp3) is 0.227. The van der Waals surface area contributed by atoms with Gasteiger partial charge < -0.3 is 19.4 Å². The maximum atomic E-state index is 12.4. The zero-order chi connectivity index (χ0) is 20.5. The van der Waals surface area contributed by atoms with Gasteiger partial charge in [0, 0.05) is 41.8 Å². The quantitative estimate of drug-likeness (QED) is 0.514. The third-order valence-electron chi connectivity index (χ3n) is 5.03. The second-order valence-corrected chi connectivity index (χ2v) is 7.85. The van der Waals surface area contributed by atoms with E-state index in [0.29, 0.717) is 12.3 Å². The first-order valence-corrected chi connectivity index (χ1v) is 10.6. The molecule has 152 valence electrons. The molecule has 0 saturated carbocycles. The van der Waals surface area contributed by atoms with Gasteiger partial charge in [-0.3, -0.25) is 4.79 Å². The van der Waals surface area contributed by atoms with E-state index in [0.717, 1.165) is 45.2 Å². The monoisotopic (exact) mass is 420 g/mol. The minimum Gasteiger partial charge on any atom is -0.454 e. The first-order valence-electron chi connectivity index (χ1n) is 9.75. The van der Waals surface area contributed by atoms with Crippen molar-refractivity contribution >= 4 is 28.3 Å². The van der Waals surface area contributed by atoms with Crippen LogP contribution >= 0.6 is 11.3 Å². The number of aryl methyl sites for hydroxylation is 1. The van der Waals surface area contributed by atoms with E-state index in [1.807, 2.05) is 29.6 Å². The fourth-order valence-electron chi connectivity index (χ4n) is 3.52. The first kappa shape index (κ1) is 18.6.